The van der Waals surface area contributed by atoms with Gasteiger partial charge in [0.05, 0.1) is 6.61 Å². The van der Waals surface area contributed by atoms with Gasteiger partial charge >= 0.3 is 0 Å². The molecule has 1 fully saturated rings. The van der Waals surface area contributed by atoms with Gasteiger partial charge in [-0.15, -0.1) is 0 Å². The fraction of sp³-hybridized carbons (Fsp3) is 0.444. The van der Waals surface area contributed by atoms with E-state index in [-0.39, 0.29) is 0 Å². The van der Waals surface area contributed by atoms with E-state index in [1.165, 1.54) is 0 Å². The Bertz CT molecular complexity index is 714. The van der Waals surface area contributed by atoms with Gasteiger partial charge < -0.3 is 19.9 Å². The van der Waals surface area contributed by atoms with Crippen molar-refractivity contribution in [2.45, 2.75) is 13.5 Å². The minimum Gasteiger partial charge on any atom is -0.478 e. The van der Waals surface area contributed by atoms with Gasteiger partial charge in [0.15, 0.2) is 5.96 Å². The van der Waals surface area contributed by atoms with Gasteiger partial charge in [-0.25, -0.2) is 15.0 Å². The number of ether oxygens (including phenoxy) is 1. The fourth-order valence-corrected chi connectivity index (χ4v) is 2.90. The molecular weight excluding hydrogens is 330 g/mol. The second-order valence-corrected chi connectivity index (χ2v) is 5.82. The number of anilines is 1. The van der Waals surface area contributed by atoms with Crippen LogP contribution < -0.4 is 15.0 Å². The van der Waals surface area contributed by atoms with E-state index in [0.29, 0.717) is 19.0 Å². The molecule has 1 N–H and O–H groups in total. The molecule has 0 amide bonds. The predicted molar refractivity (Wildman–Crippen MR) is 101 cm³/mol. The van der Waals surface area contributed by atoms with Crippen molar-refractivity contribution in [3.05, 3.63) is 42.4 Å². The monoisotopic (exact) mass is 355 g/mol. The van der Waals surface area contributed by atoms with Gasteiger partial charge in [0, 0.05) is 63.9 Å². The largest absolute Gasteiger partial charge is 0.478 e. The molecular formula is C18H25N7O. The average Bonchev–Trinajstić information content (AvgIpc) is 2.71. The first kappa shape index (κ1) is 17.9. The maximum Gasteiger partial charge on any atom is 0.225 e. The van der Waals surface area contributed by atoms with Gasteiger partial charge in [-0.1, -0.05) is 6.07 Å². The molecule has 1 saturated heterocycles. The van der Waals surface area contributed by atoms with Gasteiger partial charge in [-0.3, -0.25) is 4.99 Å². The summed E-state index contributed by atoms with van der Waals surface area (Å²) in [5.41, 5.74) is 1.02. The third-order valence-corrected chi connectivity index (χ3v) is 4.19. The zero-order chi connectivity index (χ0) is 18.2. The smallest absolute Gasteiger partial charge is 0.225 e. The summed E-state index contributed by atoms with van der Waals surface area (Å²) in [6.07, 6.45) is 5.30. The molecule has 1 aliphatic heterocycles. The Balaban J connectivity index is 1.56. The highest BCUT2D eigenvalue weighted by atomic mass is 16.5. The number of hydrogen-bond acceptors (Lipinski definition) is 6. The van der Waals surface area contributed by atoms with E-state index in [0.717, 1.165) is 43.7 Å². The second kappa shape index (κ2) is 8.98. The van der Waals surface area contributed by atoms with E-state index >= 15 is 0 Å². The van der Waals surface area contributed by atoms with Crippen LogP contribution in [0.1, 0.15) is 12.5 Å². The van der Waals surface area contributed by atoms with Crippen molar-refractivity contribution in [1.29, 1.82) is 0 Å². The summed E-state index contributed by atoms with van der Waals surface area (Å²) in [5, 5.41) is 3.41. The molecule has 1 aliphatic rings. The molecule has 0 aliphatic carbocycles. The Kier molecular flexibility index (Phi) is 6.19. The lowest BCUT2D eigenvalue weighted by Crippen LogP contribution is -2.52. The Hall–Kier alpha value is -2.90. The fourth-order valence-electron chi connectivity index (χ4n) is 2.90. The summed E-state index contributed by atoms with van der Waals surface area (Å²) in [4.78, 5) is 21.8. The van der Waals surface area contributed by atoms with Crippen molar-refractivity contribution in [2.75, 3.05) is 44.7 Å². The highest BCUT2D eigenvalue weighted by Gasteiger charge is 2.21. The third-order valence-electron chi connectivity index (χ3n) is 4.19. The molecule has 8 nitrogen and oxygen atoms in total. The minimum absolute atomic E-state index is 0.599. The van der Waals surface area contributed by atoms with E-state index in [4.69, 9.17) is 4.74 Å². The SMILES string of the molecule is CCOc1ncccc1CNC(=NC)N1CCN(c2ncccn2)CC1. The van der Waals surface area contributed by atoms with Crippen LogP contribution in [0.2, 0.25) is 0 Å². The summed E-state index contributed by atoms with van der Waals surface area (Å²) in [5.74, 6) is 2.33. The topological polar surface area (TPSA) is 78.8 Å². The Morgan fingerprint density at radius 3 is 2.54 bits per heavy atom. The van der Waals surface area contributed by atoms with Gasteiger partial charge in [-0.05, 0) is 19.1 Å². The van der Waals surface area contributed by atoms with Crippen LogP contribution in [0.25, 0.3) is 0 Å². The summed E-state index contributed by atoms with van der Waals surface area (Å²) in [7, 11) is 1.81. The van der Waals surface area contributed by atoms with E-state index < -0.39 is 0 Å². The number of rotatable bonds is 5. The lowest BCUT2D eigenvalue weighted by atomic mass is 10.2. The summed E-state index contributed by atoms with van der Waals surface area (Å²) in [6.45, 7) is 6.64. The molecule has 138 valence electrons. The quantitative estimate of drug-likeness (QED) is 0.637. The van der Waals surface area contributed by atoms with Crippen LogP contribution in [-0.2, 0) is 6.54 Å². The number of hydrogen-bond donors (Lipinski definition) is 1. The molecule has 0 bridgehead atoms. The summed E-state index contributed by atoms with van der Waals surface area (Å²) >= 11 is 0. The molecule has 0 saturated carbocycles. The number of pyridine rings is 1. The summed E-state index contributed by atoms with van der Waals surface area (Å²) < 4.78 is 5.59. The van der Waals surface area contributed by atoms with Crippen molar-refractivity contribution in [3.63, 3.8) is 0 Å². The van der Waals surface area contributed by atoms with Gasteiger partial charge in [0.2, 0.25) is 11.8 Å². The number of nitrogens with zero attached hydrogens (tertiary/aromatic N) is 6. The van der Waals surface area contributed by atoms with E-state index in [1.807, 2.05) is 32.2 Å². The van der Waals surface area contributed by atoms with E-state index in [1.54, 1.807) is 18.6 Å². The number of aromatic nitrogens is 3. The first-order valence-electron chi connectivity index (χ1n) is 8.86. The van der Waals surface area contributed by atoms with Crippen molar-refractivity contribution in [3.8, 4) is 5.88 Å². The van der Waals surface area contributed by atoms with Crippen LogP contribution in [0.4, 0.5) is 5.95 Å². The molecule has 0 unspecified atom stereocenters. The van der Waals surface area contributed by atoms with E-state index in [9.17, 15) is 0 Å². The highest BCUT2D eigenvalue weighted by Crippen LogP contribution is 2.14. The average molecular weight is 355 g/mol. The molecule has 26 heavy (non-hydrogen) atoms. The number of piperazine rings is 1. The maximum atomic E-state index is 5.59. The number of aliphatic imine (C=N–C) groups is 1. The maximum absolute atomic E-state index is 5.59. The molecule has 0 radical (unpaired) electrons. The van der Waals surface area contributed by atoms with Crippen molar-refractivity contribution < 1.29 is 4.74 Å². The highest BCUT2D eigenvalue weighted by molar-refractivity contribution is 5.80. The Morgan fingerprint density at radius 1 is 1.12 bits per heavy atom. The van der Waals surface area contributed by atoms with Crippen LogP contribution in [0, 0.1) is 0 Å². The second-order valence-electron chi connectivity index (χ2n) is 5.82. The van der Waals surface area contributed by atoms with Crippen molar-refractivity contribution in [2.24, 2.45) is 4.99 Å². The van der Waals surface area contributed by atoms with Crippen molar-refractivity contribution >= 4 is 11.9 Å². The molecule has 3 rings (SSSR count). The molecule has 3 heterocycles. The third kappa shape index (κ3) is 4.38. The van der Waals surface area contributed by atoms with E-state index in [2.05, 4.69) is 35.1 Å². The number of nitrogens with one attached hydrogen (secondary N) is 1. The van der Waals surface area contributed by atoms with Crippen LogP contribution in [-0.4, -0.2) is 65.6 Å². The van der Waals surface area contributed by atoms with Gasteiger partial charge in [0.1, 0.15) is 0 Å². The van der Waals surface area contributed by atoms with Crippen LogP contribution >= 0.6 is 0 Å². The van der Waals surface area contributed by atoms with Crippen LogP contribution in [0.5, 0.6) is 5.88 Å². The molecule has 2 aromatic rings. The predicted octanol–water partition coefficient (Wildman–Crippen LogP) is 1.17. The Labute approximate surface area is 154 Å². The first-order valence-corrected chi connectivity index (χ1v) is 8.86. The molecule has 0 atom stereocenters. The Morgan fingerprint density at radius 2 is 1.85 bits per heavy atom. The first-order chi connectivity index (χ1) is 12.8. The normalized spacial score (nSPS) is 15.1. The summed E-state index contributed by atoms with van der Waals surface area (Å²) in [6, 6.07) is 5.77. The minimum atomic E-state index is 0.599. The molecule has 2 aromatic heterocycles. The molecule has 8 heteroatoms. The van der Waals surface area contributed by atoms with Crippen LogP contribution in [0.15, 0.2) is 41.8 Å². The lowest BCUT2D eigenvalue weighted by Gasteiger charge is -2.36. The standard InChI is InChI=1S/C18H25N7O/c1-3-26-16-15(6-4-7-20-16)14-23-17(19-2)24-10-12-25(13-11-24)18-21-8-5-9-22-18/h4-9H,3,10-14H2,1-2H3,(H,19,23). The van der Waals surface area contributed by atoms with Crippen molar-refractivity contribution in [1.82, 2.24) is 25.2 Å². The lowest BCUT2D eigenvalue weighted by molar-refractivity contribution is 0.322. The zero-order valence-electron chi connectivity index (χ0n) is 15.3. The van der Waals surface area contributed by atoms with Crippen LogP contribution in [0.3, 0.4) is 0 Å². The molecule has 0 spiro atoms. The van der Waals surface area contributed by atoms with Gasteiger partial charge in [0.25, 0.3) is 0 Å². The number of guanidine groups is 1. The molecule has 0 aromatic carbocycles. The zero-order valence-corrected chi connectivity index (χ0v) is 15.3. The van der Waals surface area contributed by atoms with Gasteiger partial charge in [-0.2, -0.15) is 0 Å².